The molecule has 1 aromatic rings. The highest BCUT2D eigenvalue weighted by Crippen LogP contribution is 2.16. The van der Waals surface area contributed by atoms with Crippen LogP contribution in [0.25, 0.3) is 6.08 Å². The molecule has 0 heterocycles. The molecule has 0 saturated carbocycles. The van der Waals surface area contributed by atoms with Gasteiger partial charge in [-0.2, -0.15) is 0 Å². The molecule has 0 radical (unpaired) electrons. The van der Waals surface area contributed by atoms with Gasteiger partial charge in [0.2, 0.25) is 5.91 Å². The molecule has 3 nitrogen and oxygen atoms in total. The fourth-order valence-electron chi connectivity index (χ4n) is 1.99. The summed E-state index contributed by atoms with van der Waals surface area (Å²) in [6, 6.07) is 8.31. The molecule has 0 atom stereocenters. The molecule has 1 aromatic carbocycles. The molecule has 0 unspecified atom stereocenters. The van der Waals surface area contributed by atoms with Crippen molar-refractivity contribution >= 4 is 17.7 Å². The van der Waals surface area contributed by atoms with Crippen molar-refractivity contribution in [2.45, 2.75) is 27.7 Å². The van der Waals surface area contributed by atoms with Crippen LogP contribution in [0.3, 0.4) is 0 Å². The predicted molar refractivity (Wildman–Crippen MR) is 82.3 cm³/mol. The van der Waals surface area contributed by atoms with Crippen LogP contribution in [0.2, 0.25) is 0 Å². The number of hydrogen-bond donors (Lipinski definition) is 1. The van der Waals surface area contributed by atoms with Crippen LogP contribution < -0.4 is 10.2 Å². The molecule has 0 bridgehead atoms. The molecular formula is C16H24N2O. The van der Waals surface area contributed by atoms with Crippen LogP contribution in [0.15, 0.2) is 29.8 Å². The number of hydrogen-bond acceptors (Lipinski definition) is 2. The number of likely N-dealkylation sites (N-methyl/N-ethyl adjacent to an activating group) is 1. The minimum atomic E-state index is -0.00433. The zero-order valence-corrected chi connectivity index (χ0v) is 12.4. The average molecular weight is 260 g/mol. The number of carbonyl (C=O) groups excluding carboxylic acids is 1. The molecule has 0 spiro atoms. The van der Waals surface area contributed by atoms with Gasteiger partial charge in [-0.1, -0.05) is 12.1 Å². The Morgan fingerprint density at radius 2 is 1.74 bits per heavy atom. The zero-order valence-electron chi connectivity index (χ0n) is 12.4. The number of nitrogens with one attached hydrogen (secondary N) is 1. The third-order valence-electron chi connectivity index (χ3n) is 3.10. The number of nitrogens with zero attached hydrogens (tertiary/aromatic N) is 1. The first kappa shape index (κ1) is 15.3. The lowest BCUT2D eigenvalue weighted by Crippen LogP contribution is -2.23. The van der Waals surface area contributed by atoms with E-state index in [-0.39, 0.29) is 5.91 Å². The van der Waals surface area contributed by atoms with Gasteiger partial charge in [0.1, 0.15) is 0 Å². The van der Waals surface area contributed by atoms with Crippen LogP contribution in [0.5, 0.6) is 0 Å². The molecule has 1 rings (SSSR count). The summed E-state index contributed by atoms with van der Waals surface area (Å²) in [4.78, 5) is 13.9. The maximum atomic E-state index is 11.6. The molecule has 0 saturated heterocycles. The van der Waals surface area contributed by atoms with Crippen molar-refractivity contribution in [3.8, 4) is 0 Å². The Morgan fingerprint density at radius 3 is 2.21 bits per heavy atom. The van der Waals surface area contributed by atoms with Crippen molar-refractivity contribution in [2.24, 2.45) is 0 Å². The Labute approximate surface area is 116 Å². The number of carbonyl (C=O) groups is 1. The number of amides is 1. The van der Waals surface area contributed by atoms with Gasteiger partial charge < -0.3 is 10.2 Å². The fraction of sp³-hybridized carbons (Fsp3) is 0.438. The second kappa shape index (κ2) is 7.62. The first-order valence-corrected chi connectivity index (χ1v) is 6.93. The Kier molecular flexibility index (Phi) is 6.13. The summed E-state index contributed by atoms with van der Waals surface area (Å²) >= 11 is 0. The van der Waals surface area contributed by atoms with Gasteiger partial charge in [0.25, 0.3) is 0 Å². The van der Waals surface area contributed by atoms with Gasteiger partial charge in [-0.25, -0.2) is 0 Å². The highest BCUT2D eigenvalue weighted by molar-refractivity contribution is 5.97. The van der Waals surface area contributed by atoms with Crippen LogP contribution in [0, 0.1) is 0 Å². The second-order valence-corrected chi connectivity index (χ2v) is 4.45. The average Bonchev–Trinajstić information content (AvgIpc) is 2.42. The van der Waals surface area contributed by atoms with Crippen LogP contribution in [-0.4, -0.2) is 25.5 Å². The maximum Gasteiger partial charge on any atom is 0.246 e. The van der Waals surface area contributed by atoms with Crippen molar-refractivity contribution in [2.75, 3.05) is 24.5 Å². The van der Waals surface area contributed by atoms with E-state index >= 15 is 0 Å². The number of anilines is 1. The summed E-state index contributed by atoms with van der Waals surface area (Å²) in [5.41, 5.74) is 3.01. The van der Waals surface area contributed by atoms with Crippen LogP contribution in [0.4, 0.5) is 5.69 Å². The molecule has 0 fully saturated rings. The monoisotopic (exact) mass is 260 g/mol. The van der Waals surface area contributed by atoms with Crippen molar-refractivity contribution in [3.05, 3.63) is 35.4 Å². The summed E-state index contributed by atoms with van der Waals surface area (Å²) in [7, 11) is 0. The predicted octanol–water partition coefficient (Wildman–Crippen LogP) is 3.07. The lowest BCUT2D eigenvalue weighted by atomic mass is 10.1. The summed E-state index contributed by atoms with van der Waals surface area (Å²) in [6.45, 7) is 10.7. The van der Waals surface area contributed by atoms with Gasteiger partial charge in [-0.05, 0) is 51.5 Å². The van der Waals surface area contributed by atoms with E-state index in [4.69, 9.17) is 0 Å². The van der Waals surface area contributed by atoms with Gasteiger partial charge in [-0.3, -0.25) is 4.79 Å². The third kappa shape index (κ3) is 4.43. The highest BCUT2D eigenvalue weighted by atomic mass is 16.1. The Balaban J connectivity index is 2.81. The van der Waals surface area contributed by atoms with Gasteiger partial charge in [-0.15, -0.1) is 0 Å². The van der Waals surface area contributed by atoms with Crippen molar-refractivity contribution in [1.82, 2.24) is 5.32 Å². The molecule has 104 valence electrons. The lowest BCUT2D eigenvalue weighted by molar-refractivity contribution is -0.117. The van der Waals surface area contributed by atoms with Gasteiger partial charge in [0.15, 0.2) is 0 Å². The molecule has 1 N–H and O–H groups in total. The summed E-state index contributed by atoms with van der Waals surface area (Å²) < 4.78 is 0. The fourth-order valence-corrected chi connectivity index (χ4v) is 1.99. The molecule has 3 heteroatoms. The third-order valence-corrected chi connectivity index (χ3v) is 3.10. The van der Waals surface area contributed by atoms with Crippen LogP contribution >= 0.6 is 0 Å². The zero-order chi connectivity index (χ0) is 14.3. The SMILES string of the molecule is CCNC(=O)/C(C)=C\c1ccc(N(CC)CC)cc1. The van der Waals surface area contributed by atoms with E-state index in [0.717, 1.165) is 24.2 Å². The quantitative estimate of drug-likeness (QED) is 0.797. The normalized spacial score (nSPS) is 11.3. The first-order chi connectivity index (χ1) is 9.12. The van der Waals surface area contributed by atoms with E-state index < -0.39 is 0 Å². The Morgan fingerprint density at radius 1 is 1.16 bits per heavy atom. The summed E-state index contributed by atoms with van der Waals surface area (Å²) in [6.07, 6.45) is 1.91. The topological polar surface area (TPSA) is 32.3 Å². The number of benzene rings is 1. The molecule has 1 amide bonds. The maximum absolute atomic E-state index is 11.6. The molecule has 0 aliphatic heterocycles. The minimum Gasteiger partial charge on any atom is -0.372 e. The first-order valence-electron chi connectivity index (χ1n) is 6.93. The van der Waals surface area contributed by atoms with E-state index in [2.05, 4.69) is 48.3 Å². The smallest absolute Gasteiger partial charge is 0.246 e. The lowest BCUT2D eigenvalue weighted by Gasteiger charge is -2.20. The van der Waals surface area contributed by atoms with Gasteiger partial charge in [0.05, 0.1) is 0 Å². The van der Waals surface area contributed by atoms with E-state index in [0.29, 0.717) is 6.54 Å². The second-order valence-electron chi connectivity index (χ2n) is 4.45. The molecule has 19 heavy (non-hydrogen) atoms. The van der Waals surface area contributed by atoms with Crippen molar-refractivity contribution < 1.29 is 4.79 Å². The number of rotatable bonds is 6. The van der Waals surface area contributed by atoms with Gasteiger partial charge in [0, 0.05) is 30.9 Å². The molecule has 0 aromatic heterocycles. The molecular weight excluding hydrogens is 236 g/mol. The van der Waals surface area contributed by atoms with Crippen LogP contribution in [-0.2, 0) is 4.79 Å². The molecule has 0 aliphatic carbocycles. The van der Waals surface area contributed by atoms with E-state index in [1.807, 2.05) is 19.9 Å². The highest BCUT2D eigenvalue weighted by Gasteiger charge is 2.03. The standard InChI is InChI=1S/C16H24N2O/c1-5-17-16(19)13(4)12-14-8-10-15(11-9-14)18(6-2)7-3/h8-12H,5-7H2,1-4H3,(H,17,19)/b13-12-. The van der Waals surface area contributed by atoms with Crippen LogP contribution in [0.1, 0.15) is 33.3 Å². The summed E-state index contributed by atoms with van der Waals surface area (Å²) in [5, 5.41) is 2.80. The Hall–Kier alpha value is -1.77. The summed E-state index contributed by atoms with van der Waals surface area (Å²) in [5.74, 6) is -0.00433. The minimum absolute atomic E-state index is 0.00433. The Bertz CT molecular complexity index is 431. The van der Waals surface area contributed by atoms with E-state index in [1.165, 1.54) is 5.69 Å². The van der Waals surface area contributed by atoms with E-state index in [1.54, 1.807) is 0 Å². The van der Waals surface area contributed by atoms with Crippen molar-refractivity contribution in [1.29, 1.82) is 0 Å². The van der Waals surface area contributed by atoms with Crippen molar-refractivity contribution in [3.63, 3.8) is 0 Å². The van der Waals surface area contributed by atoms with E-state index in [9.17, 15) is 4.79 Å². The largest absolute Gasteiger partial charge is 0.372 e. The molecule has 0 aliphatic rings. The van der Waals surface area contributed by atoms with Gasteiger partial charge >= 0.3 is 0 Å².